The third-order valence-electron chi connectivity index (χ3n) is 8.89. The molecule has 3 saturated heterocycles. The average molecular weight is 610 g/mol. The molecule has 4 heterocycles. The van der Waals surface area contributed by atoms with Gasteiger partial charge in [-0.25, -0.2) is 4.99 Å². The maximum atomic E-state index is 11.8. The molecule has 0 saturated carbocycles. The van der Waals surface area contributed by atoms with Crippen molar-refractivity contribution in [3.05, 3.63) is 70.8 Å². The second-order valence-electron chi connectivity index (χ2n) is 11.6. The second-order valence-corrected chi connectivity index (χ2v) is 11.6. The van der Waals surface area contributed by atoms with Crippen LogP contribution in [0.2, 0.25) is 0 Å². The van der Waals surface area contributed by atoms with Gasteiger partial charge in [0.2, 0.25) is 5.91 Å². The Balaban J connectivity index is 1.17. The number of hydrogen-bond donors (Lipinski definition) is 2. The number of nitrogens with zero attached hydrogens (tertiary/aromatic N) is 6. The Kier molecular flexibility index (Phi) is 9.26. The molecule has 0 aromatic heterocycles. The summed E-state index contributed by atoms with van der Waals surface area (Å²) in [7, 11) is 0. The van der Waals surface area contributed by atoms with Gasteiger partial charge >= 0.3 is 0 Å². The molecule has 2 aromatic carbocycles. The largest absolute Gasteiger partial charge is 0.489 e. The SMILES string of the molecule is CC=N/C(=C1/C=C(c2ccc(N3CCN(C4COC4)CC3)cc2)N=C1N)c1ccc(OC2CCN(C(=O)CO)CC2)c(C#N)c1. The Morgan fingerprint density at radius 3 is 2.49 bits per heavy atom. The number of aliphatic hydroxyl groups is 1. The first kappa shape index (κ1) is 30.5. The highest BCUT2D eigenvalue weighted by molar-refractivity contribution is 6.13. The fourth-order valence-electron chi connectivity index (χ4n) is 6.19. The van der Waals surface area contributed by atoms with Crippen LogP contribution in [0, 0.1) is 11.3 Å². The summed E-state index contributed by atoms with van der Waals surface area (Å²) in [5, 5.41) is 19.1. The molecule has 2 aromatic rings. The fourth-order valence-corrected chi connectivity index (χ4v) is 6.19. The number of piperidine rings is 1. The Hall–Kier alpha value is -4.50. The predicted molar refractivity (Wildman–Crippen MR) is 174 cm³/mol. The van der Waals surface area contributed by atoms with E-state index in [2.05, 4.69) is 50.1 Å². The van der Waals surface area contributed by atoms with Crippen molar-refractivity contribution >= 4 is 35.0 Å². The van der Waals surface area contributed by atoms with Crippen LogP contribution in [0.4, 0.5) is 5.69 Å². The first-order chi connectivity index (χ1) is 22.0. The lowest BCUT2D eigenvalue weighted by Crippen LogP contribution is -2.56. The van der Waals surface area contributed by atoms with Gasteiger partial charge in [-0.05, 0) is 43.3 Å². The van der Waals surface area contributed by atoms with Crippen LogP contribution in [0.3, 0.4) is 0 Å². The van der Waals surface area contributed by atoms with E-state index in [1.54, 1.807) is 23.2 Å². The van der Waals surface area contributed by atoms with E-state index in [0.29, 0.717) is 60.4 Å². The standard InChI is InChI=1S/C34H39N7O4/c1-2-37-33(24-5-8-31(25(17-24)19-35)45-28-9-11-41(12-10-28)32(43)20-42)29-18-30(38-34(29)36)23-3-6-26(7-4-23)39-13-15-40(16-14-39)27-21-44-22-27/h2-8,17-18,27-28,42H,9-16,20-22H2,1H3,(H2,36,38)/b33-29-,37-2?. The Bertz CT molecular complexity index is 1570. The number of amidine groups is 1. The lowest BCUT2D eigenvalue weighted by atomic mass is 10.0. The van der Waals surface area contributed by atoms with Crippen molar-refractivity contribution in [3.8, 4) is 11.8 Å². The highest BCUT2D eigenvalue weighted by atomic mass is 16.5. The van der Waals surface area contributed by atoms with E-state index in [1.165, 1.54) is 5.69 Å². The summed E-state index contributed by atoms with van der Waals surface area (Å²) in [4.78, 5) is 27.7. The highest BCUT2D eigenvalue weighted by Gasteiger charge is 2.29. The van der Waals surface area contributed by atoms with Gasteiger partial charge in [0.1, 0.15) is 30.4 Å². The number of ether oxygens (including phenoxy) is 2. The van der Waals surface area contributed by atoms with E-state index in [-0.39, 0.29) is 12.0 Å². The number of nitrogens with two attached hydrogens (primary N) is 1. The number of amides is 1. The smallest absolute Gasteiger partial charge is 0.248 e. The lowest BCUT2D eigenvalue weighted by molar-refractivity contribution is -0.135. The Morgan fingerprint density at radius 1 is 1.13 bits per heavy atom. The van der Waals surface area contributed by atoms with Gasteiger partial charge in [0.05, 0.1) is 36.2 Å². The number of hydrogen-bond acceptors (Lipinski definition) is 10. The summed E-state index contributed by atoms with van der Waals surface area (Å²) in [6.07, 6.45) is 4.78. The fraction of sp³-hybridized carbons (Fsp3) is 0.412. The molecule has 11 heteroatoms. The number of anilines is 1. The number of aliphatic imine (C=N–C) groups is 2. The Labute approximate surface area is 263 Å². The Morgan fingerprint density at radius 2 is 1.87 bits per heavy atom. The number of piperazine rings is 1. The van der Waals surface area contributed by atoms with Crippen molar-refractivity contribution in [2.24, 2.45) is 15.7 Å². The third-order valence-corrected chi connectivity index (χ3v) is 8.89. The van der Waals surface area contributed by atoms with Gasteiger partial charge < -0.3 is 30.1 Å². The molecule has 3 N–H and O–H groups in total. The van der Waals surface area contributed by atoms with Gasteiger partial charge in [-0.2, -0.15) is 5.26 Å². The van der Waals surface area contributed by atoms with Gasteiger partial charge in [0, 0.05) is 80.7 Å². The molecule has 3 fully saturated rings. The molecule has 1 amide bonds. The molecule has 11 nitrogen and oxygen atoms in total. The highest BCUT2D eigenvalue weighted by Crippen LogP contribution is 2.33. The van der Waals surface area contributed by atoms with E-state index >= 15 is 0 Å². The van der Waals surface area contributed by atoms with E-state index in [9.17, 15) is 10.1 Å². The molecule has 45 heavy (non-hydrogen) atoms. The minimum atomic E-state index is -0.489. The van der Waals surface area contributed by atoms with Gasteiger partial charge in [-0.1, -0.05) is 12.1 Å². The van der Waals surface area contributed by atoms with Crippen molar-refractivity contribution in [1.82, 2.24) is 9.80 Å². The van der Waals surface area contributed by atoms with Crippen LogP contribution in [-0.2, 0) is 9.53 Å². The monoisotopic (exact) mass is 609 g/mol. The lowest BCUT2D eigenvalue weighted by Gasteiger charge is -2.43. The zero-order chi connectivity index (χ0) is 31.3. The van der Waals surface area contributed by atoms with Crippen LogP contribution >= 0.6 is 0 Å². The van der Waals surface area contributed by atoms with E-state index in [1.807, 2.05) is 19.1 Å². The molecule has 0 atom stereocenters. The zero-order valence-electron chi connectivity index (χ0n) is 25.6. The molecule has 0 spiro atoms. The van der Waals surface area contributed by atoms with Crippen molar-refractivity contribution in [3.63, 3.8) is 0 Å². The average Bonchev–Trinajstić information content (AvgIpc) is 3.44. The summed E-state index contributed by atoms with van der Waals surface area (Å²) >= 11 is 0. The third kappa shape index (κ3) is 6.63. The van der Waals surface area contributed by atoms with Crippen LogP contribution < -0.4 is 15.4 Å². The van der Waals surface area contributed by atoms with E-state index in [4.69, 9.17) is 20.3 Å². The number of aliphatic hydroxyl groups excluding tert-OH is 1. The number of nitriles is 1. The first-order valence-electron chi connectivity index (χ1n) is 15.5. The second kappa shape index (κ2) is 13.6. The van der Waals surface area contributed by atoms with Gasteiger partial charge in [0.15, 0.2) is 0 Å². The maximum Gasteiger partial charge on any atom is 0.248 e. The quantitative estimate of drug-likeness (QED) is 0.436. The van der Waals surface area contributed by atoms with Crippen LogP contribution in [0.1, 0.15) is 36.5 Å². The minimum Gasteiger partial charge on any atom is -0.489 e. The van der Waals surface area contributed by atoms with Crippen molar-refractivity contribution in [1.29, 1.82) is 5.26 Å². The van der Waals surface area contributed by atoms with E-state index in [0.717, 1.165) is 56.2 Å². The molecular weight excluding hydrogens is 570 g/mol. The van der Waals surface area contributed by atoms with Gasteiger partial charge in [-0.15, -0.1) is 0 Å². The number of likely N-dealkylation sites (tertiary alicyclic amines) is 1. The van der Waals surface area contributed by atoms with E-state index < -0.39 is 6.61 Å². The molecule has 0 unspecified atom stereocenters. The summed E-state index contributed by atoms with van der Waals surface area (Å²) in [5.74, 6) is 0.579. The van der Waals surface area contributed by atoms with Gasteiger partial charge in [0.25, 0.3) is 0 Å². The predicted octanol–water partition coefficient (Wildman–Crippen LogP) is 2.65. The zero-order valence-corrected chi connectivity index (χ0v) is 25.6. The van der Waals surface area contributed by atoms with Gasteiger partial charge in [-0.3, -0.25) is 14.7 Å². The van der Waals surface area contributed by atoms with Crippen LogP contribution in [-0.4, -0.2) is 104 Å². The molecule has 234 valence electrons. The summed E-state index contributed by atoms with van der Waals surface area (Å²) in [5.41, 5.74) is 11.8. The molecular formula is C34H39N7O4. The summed E-state index contributed by atoms with van der Waals surface area (Å²) < 4.78 is 11.5. The van der Waals surface area contributed by atoms with Crippen LogP contribution in [0.25, 0.3) is 11.4 Å². The molecule has 4 aliphatic heterocycles. The maximum absolute atomic E-state index is 11.8. The van der Waals surface area contributed by atoms with Crippen LogP contribution in [0.15, 0.2) is 64.1 Å². The first-order valence-corrected chi connectivity index (χ1v) is 15.5. The minimum absolute atomic E-state index is 0.126. The van der Waals surface area contributed by atoms with Crippen molar-refractivity contribution < 1.29 is 19.4 Å². The number of carbonyl (C=O) groups is 1. The summed E-state index contributed by atoms with van der Waals surface area (Å²) in [6.45, 7) is 8.15. The molecule has 0 radical (unpaired) electrons. The molecule has 4 aliphatic rings. The van der Waals surface area contributed by atoms with Crippen LogP contribution in [0.5, 0.6) is 5.75 Å². The van der Waals surface area contributed by atoms with Crippen molar-refractivity contribution in [2.45, 2.75) is 31.9 Å². The number of carbonyl (C=O) groups excluding carboxylic acids is 1. The number of benzene rings is 2. The summed E-state index contributed by atoms with van der Waals surface area (Å²) in [6, 6.07) is 16.7. The molecule has 0 bridgehead atoms. The van der Waals surface area contributed by atoms with Crippen molar-refractivity contribution in [2.75, 3.05) is 64.0 Å². The number of rotatable bonds is 8. The topological polar surface area (TPSA) is 140 Å². The molecule has 6 rings (SSSR count). The molecule has 0 aliphatic carbocycles. The normalized spacial score (nSPS) is 20.9.